The highest BCUT2D eigenvalue weighted by atomic mass is 32.1. The van der Waals surface area contributed by atoms with E-state index in [0.717, 1.165) is 29.0 Å². The lowest BCUT2D eigenvalue weighted by atomic mass is 10.00. The first kappa shape index (κ1) is 28.0. The summed E-state index contributed by atoms with van der Waals surface area (Å²) >= 11 is 1.54. The molecule has 2 aromatic heterocycles. The summed E-state index contributed by atoms with van der Waals surface area (Å²) in [6.07, 6.45) is 8.65. The van der Waals surface area contributed by atoms with Gasteiger partial charge in [0.05, 0.1) is 13.8 Å². The molecule has 0 aliphatic carbocycles. The highest BCUT2D eigenvalue weighted by Gasteiger charge is 2.22. The molecule has 0 saturated carbocycles. The van der Waals surface area contributed by atoms with Gasteiger partial charge in [-0.3, -0.25) is 14.5 Å². The zero-order chi connectivity index (χ0) is 25.8. The van der Waals surface area contributed by atoms with Crippen LogP contribution >= 0.6 is 11.3 Å². The monoisotopic (exact) mass is 505 g/mol. The molecular weight excluding hydrogens is 473 g/mol. The number of alkyl carbamates (subject to hydrolysis) is 1. The fraction of sp³-hybridized carbons (Fsp3) is 0.423. The van der Waals surface area contributed by atoms with Crippen LogP contribution in [0, 0.1) is 0 Å². The van der Waals surface area contributed by atoms with E-state index in [1.54, 1.807) is 19.1 Å². The van der Waals surface area contributed by atoms with E-state index in [9.17, 15) is 23.9 Å². The number of aryl methyl sites for hydroxylation is 1. The number of ketones is 1. The minimum absolute atomic E-state index is 0.202. The number of methoxy groups -OCH3 is 1. The molecule has 1 atom stereocenters. The van der Waals surface area contributed by atoms with Crippen LogP contribution in [-0.2, 0) is 11.2 Å². The van der Waals surface area contributed by atoms with Crippen LogP contribution in [0.5, 0.6) is 5.75 Å². The van der Waals surface area contributed by atoms with E-state index >= 15 is 0 Å². The maximum Gasteiger partial charge on any atom is 0.410 e. The number of carbonyl (C=O) groups excluding carboxylic acids is 2. The van der Waals surface area contributed by atoms with E-state index in [1.165, 1.54) is 30.7 Å². The number of hydrogen-bond donors (Lipinski definition) is 2. The van der Waals surface area contributed by atoms with Crippen molar-refractivity contribution in [1.29, 1.82) is 0 Å². The first-order valence-corrected chi connectivity index (χ1v) is 12.3. The molecule has 190 valence electrons. The van der Waals surface area contributed by atoms with Gasteiger partial charge in [0.15, 0.2) is 5.78 Å². The zero-order valence-corrected chi connectivity index (χ0v) is 21.1. The Bertz CT molecular complexity index is 1120. The molecule has 1 unspecified atom stereocenters. The number of ether oxygens (including phenoxy) is 1. The van der Waals surface area contributed by atoms with Gasteiger partial charge in [0, 0.05) is 27.9 Å². The van der Waals surface area contributed by atoms with Crippen LogP contribution in [0.4, 0.5) is 9.18 Å². The largest absolute Gasteiger partial charge is 0.507 e. The lowest BCUT2D eigenvalue weighted by molar-refractivity contribution is 0.102. The zero-order valence-electron chi connectivity index (χ0n) is 20.3. The second kappa shape index (κ2) is 14.3. The van der Waals surface area contributed by atoms with Crippen molar-refractivity contribution >= 4 is 29.3 Å². The van der Waals surface area contributed by atoms with Gasteiger partial charge in [-0.25, -0.2) is 9.59 Å². The van der Waals surface area contributed by atoms with Crippen molar-refractivity contribution in [1.82, 2.24) is 5.32 Å². The number of allylic oxidation sites excluding steroid dienone is 2. The van der Waals surface area contributed by atoms with E-state index in [1.807, 2.05) is 19.1 Å². The predicted molar refractivity (Wildman–Crippen MR) is 135 cm³/mol. The van der Waals surface area contributed by atoms with Gasteiger partial charge in [0.1, 0.15) is 17.1 Å². The molecule has 0 saturated heterocycles. The van der Waals surface area contributed by atoms with Gasteiger partial charge in [-0.2, -0.15) is 0 Å². The fourth-order valence-corrected chi connectivity index (χ4v) is 4.42. The highest BCUT2D eigenvalue weighted by molar-refractivity contribution is 7.12. The Morgan fingerprint density at radius 1 is 1.29 bits per heavy atom. The van der Waals surface area contributed by atoms with Crippen LogP contribution in [0.1, 0.15) is 77.7 Å². The Hall–Kier alpha value is -3.20. The van der Waals surface area contributed by atoms with E-state index < -0.39 is 23.3 Å². The van der Waals surface area contributed by atoms with Crippen molar-refractivity contribution in [2.75, 3.05) is 13.8 Å². The van der Waals surface area contributed by atoms with Crippen LogP contribution in [0.2, 0.25) is 0 Å². The summed E-state index contributed by atoms with van der Waals surface area (Å²) < 4.78 is 22.0. The third kappa shape index (κ3) is 8.83. The molecule has 0 radical (unpaired) electrons. The maximum absolute atomic E-state index is 12.9. The van der Waals surface area contributed by atoms with Crippen LogP contribution in [-0.4, -0.2) is 30.8 Å². The molecule has 9 heteroatoms. The summed E-state index contributed by atoms with van der Waals surface area (Å²) in [4.78, 5) is 38.4. The normalized spacial score (nSPS) is 12.6. The Morgan fingerprint density at radius 3 is 2.74 bits per heavy atom. The molecule has 2 heterocycles. The minimum Gasteiger partial charge on any atom is -0.507 e. The van der Waals surface area contributed by atoms with Crippen molar-refractivity contribution < 1.29 is 28.2 Å². The Kier molecular flexibility index (Phi) is 11.4. The van der Waals surface area contributed by atoms with Crippen molar-refractivity contribution in [2.45, 2.75) is 58.3 Å². The number of unbranched alkanes of at least 4 members (excludes halogenated alkanes) is 2. The number of hydrogen-bond acceptors (Lipinski definition) is 7. The number of carbonyl (C=O) groups is 2. The molecule has 0 bridgehead atoms. The molecule has 2 N–H and O–H groups in total. The van der Waals surface area contributed by atoms with Crippen molar-refractivity contribution in [3.05, 3.63) is 67.5 Å². The molecule has 35 heavy (non-hydrogen) atoms. The number of rotatable bonds is 13. The summed E-state index contributed by atoms with van der Waals surface area (Å²) in [5.41, 5.74) is -0.963. The van der Waals surface area contributed by atoms with Gasteiger partial charge in [-0.1, -0.05) is 19.4 Å². The van der Waals surface area contributed by atoms with Crippen molar-refractivity contribution in [3.8, 4) is 5.75 Å². The Balaban J connectivity index is 2.04. The molecule has 2 aromatic rings. The number of aromatic hydroxyl groups is 1. The second-order valence-corrected chi connectivity index (χ2v) is 9.37. The van der Waals surface area contributed by atoms with Crippen molar-refractivity contribution in [2.24, 2.45) is 0 Å². The van der Waals surface area contributed by atoms with Gasteiger partial charge in [-0.15, -0.1) is 11.3 Å². The third-order valence-electron chi connectivity index (χ3n) is 5.39. The minimum atomic E-state index is -0.882. The van der Waals surface area contributed by atoms with Gasteiger partial charge in [0.2, 0.25) is 0 Å². The molecular formula is C26H32FNO6S. The van der Waals surface area contributed by atoms with Crippen molar-refractivity contribution in [3.63, 3.8) is 0 Å². The molecule has 0 aliphatic rings. The molecule has 7 nitrogen and oxygen atoms in total. The molecule has 0 aliphatic heterocycles. The lowest BCUT2D eigenvalue weighted by Crippen LogP contribution is -2.16. The first-order chi connectivity index (χ1) is 16.8. The number of amides is 1. The summed E-state index contributed by atoms with van der Waals surface area (Å²) in [5.74, 6) is -0.934. The number of alkyl halides is 1. The quantitative estimate of drug-likeness (QED) is 0.193. The van der Waals surface area contributed by atoms with E-state index in [4.69, 9.17) is 4.42 Å². The van der Waals surface area contributed by atoms with E-state index in [2.05, 4.69) is 10.1 Å². The molecule has 0 spiro atoms. The highest BCUT2D eigenvalue weighted by Crippen LogP contribution is 2.27. The molecule has 0 aromatic carbocycles. The Morgan fingerprint density at radius 2 is 2.06 bits per heavy atom. The van der Waals surface area contributed by atoms with Crippen LogP contribution in [0.3, 0.4) is 0 Å². The lowest BCUT2D eigenvalue weighted by Gasteiger charge is -2.11. The average molecular weight is 506 g/mol. The summed E-state index contributed by atoms with van der Waals surface area (Å²) in [6, 6.07) is 5.18. The average Bonchev–Trinajstić information content (AvgIpc) is 3.27. The molecule has 0 fully saturated rings. The maximum atomic E-state index is 12.9. The van der Waals surface area contributed by atoms with Gasteiger partial charge in [0.25, 0.3) is 0 Å². The topological polar surface area (TPSA) is 106 Å². The predicted octanol–water partition coefficient (Wildman–Crippen LogP) is 6.13. The van der Waals surface area contributed by atoms with Crippen LogP contribution < -0.4 is 10.9 Å². The smallest absolute Gasteiger partial charge is 0.410 e. The van der Waals surface area contributed by atoms with Gasteiger partial charge >= 0.3 is 11.7 Å². The van der Waals surface area contributed by atoms with E-state index in [0.29, 0.717) is 24.8 Å². The summed E-state index contributed by atoms with van der Waals surface area (Å²) in [6.45, 7) is 3.12. The van der Waals surface area contributed by atoms with Gasteiger partial charge in [-0.05, 0) is 62.8 Å². The molecule has 2 rings (SSSR count). The van der Waals surface area contributed by atoms with Gasteiger partial charge < -0.3 is 14.3 Å². The fourth-order valence-electron chi connectivity index (χ4n) is 3.36. The number of nitrogens with one attached hydrogen (secondary N) is 1. The SMILES string of the molecule is COC(=O)N/C=C/CCC(C)c1cc(O)c(C(=O)C(C)=Cc2ccc(CCCCCF)s2)c(=O)o1. The number of thiophene rings is 1. The number of Topliss-reactive ketones (excluding diaryl/α,β-unsaturated/α-hetero) is 1. The summed E-state index contributed by atoms with van der Waals surface area (Å²) in [5, 5.41) is 12.9. The van der Waals surface area contributed by atoms with Crippen LogP contribution in [0.15, 0.2) is 45.3 Å². The van der Waals surface area contributed by atoms with E-state index in [-0.39, 0.29) is 23.9 Å². The second-order valence-electron chi connectivity index (χ2n) is 8.17. The number of halogens is 1. The summed E-state index contributed by atoms with van der Waals surface area (Å²) in [7, 11) is 1.27. The molecule has 1 amide bonds. The first-order valence-electron chi connectivity index (χ1n) is 11.5. The van der Waals surface area contributed by atoms with Crippen LogP contribution in [0.25, 0.3) is 6.08 Å². The third-order valence-corrected chi connectivity index (χ3v) is 6.48. The standard InChI is InChI=1S/C26H32FNO6S/c1-17(9-6-8-14-28-26(32)33-3)22-16-21(29)23(25(31)34-22)24(30)18(2)15-20-12-11-19(35-20)10-5-4-7-13-27/h8,11-12,14-17,29H,4-7,9-10,13H2,1-3H3,(H,28,32)/b14-8+,18-15?. The Labute approximate surface area is 208 Å².